The number of carbonyl (C=O) groups is 1. The van der Waals surface area contributed by atoms with Crippen LogP contribution in [0.2, 0.25) is 0 Å². The number of nitrogens with zero attached hydrogens (tertiary/aromatic N) is 5. The highest BCUT2D eigenvalue weighted by molar-refractivity contribution is 7.19. The smallest absolute Gasteiger partial charge is 0.293 e. The Hall–Kier alpha value is -2.02. The van der Waals surface area contributed by atoms with Crippen LogP contribution >= 0.6 is 11.3 Å². The highest BCUT2D eigenvalue weighted by atomic mass is 32.1. The lowest BCUT2D eigenvalue weighted by atomic mass is 9.87. The van der Waals surface area contributed by atoms with Crippen molar-refractivity contribution in [3.63, 3.8) is 0 Å². The third-order valence-corrected chi connectivity index (χ3v) is 7.11. The summed E-state index contributed by atoms with van der Waals surface area (Å²) in [4.78, 5) is 26.5. The maximum atomic E-state index is 12.9. The molecule has 26 heavy (non-hydrogen) atoms. The minimum absolute atomic E-state index is 0.0501. The summed E-state index contributed by atoms with van der Waals surface area (Å²) < 4.78 is 1.69. The quantitative estimate of drug-likeness (QED) is 0.657. The Labute approximate surface area is 156 Å². The number of fused-ring (bicyclic) bond motifs is 5. The van der Waals surface area contributed by atoms with Crippen LogP contribution in [0.1, 0.15) is 66.5 Å². The summed E-state index contributed by atoms with van der Waals surface area (Å²) >= 11 is 1.78. The summed E-state index contributed by atoms with van der Waals surface area (Å²) in [5.74, 6) is 1.46. The van der Waals surface area contributed by atoms with Crippen LogP contribution in [0.3, 0.4) is 0 Å². The predicted octanol–water partition coefficient (Wildman–Crippen LogP) is 3.65. The lowest BCUT2D eigenvalue weighted by Gasteiger charge is -2.29. The van der Waals surface area contributed by atoms with Crippen LogP contribution in [-0.2, 0) is 6.42 Å². The van der Waals surface area contributed by atoms with E-state index in [4.69, 9.17) is 0 Å². The maximum Gasteiger partial charge on any atom is 0.293 e. The van der Waals surface area contributed by atoms with Gasteiger partial charge in [0, 0.05) is 18.0 Å². The Morgan fingerprint density at radius 2 is 2.04 bits per heavy atom. The first-order chi connectivity index (χ1) is 12.6. The van der Waals surface area contributed by atoms with Crippen LogP contribution in [0, 0.1) is 5.92 Å². The zero-order chi connectivity index (χ0) is 17.8. The van der Waals surface area contributed by atoms with Gasteiger partial charge in [-0.1, -0.05) is 13.8 Å². The van der Waals surface area contributed by atoms with Gasteiger partial charge in [0.05, 0.1) is 5.39 Å². The molecule has 0 aromatic carbocycles. The first-order valence-electron chi connectivity index (χ1n) is 9.57. The van der Waals surface area contributed by atoms with Crippen molar-refractivity contribution in [1.29, 1.82) is 0 Å². The number of aromatic nitrogens is 4. The maximum absolute atomic E-state index is 12.9. The third-order valence-electron chi connectivity index (χ3n) is 5.94. The molecular weight excluding hydrogens is 346 g/mol. The number of thiophene rings is 1. The second-order valence-corrected chi connectivity index (χ2v) is 8.92. The molecular formula is C19H23N5OS. The fourth-order valence-electron chi connectivity index (χ4n) is 4.33. The van der Waals surface area contributed by atoms with Gasteiger partial charge in [-0.15, -0.1) is 16.4 Å². The third kappa shape index (κ3) is 2.44. The lowest BCUT2D eigenvalue weighted by molar-refractivity contribution is 0.0685. The lowest BCUT2D eigenvalue weighted by Crippen LogP contribution is -2.38. The van der Waals surface area contributed by atoms with Gasteiger partial charge in [0.15, 0.2) is 5.65 Å². The van der Waals surface area contributed by atoms with Crippen LogP contribution in [0.4, 0.5) is 0 Å². The zero-order valence-electron chi connectivity index (χ0n) is 15.2. The van der Waals surface area contributed by atoms with Gasteiger partial charge in [-0.25, -0.2) is 14.5 Å². The van der Waals surface area contributed by atoms with E-state index >= 15 is 0 Å². The Morgan fingerprint density at radius 1 is 1.23 bits per heavy atom. The molecule has 0 saturated carbocycles. The van der Waals surface area contributed by atoms with E-state index in [9.17, 15) is 4.79 Å². The van der Waals surface area contributed by atoms with E-state index in [0.29, 0.717) is 17.7 Å². The molecule has 4 heterocycles. The second kappa shape index (κ2) is 6.01. The molecule has 1 aliphatic heterocycles. The van der Waals surface area contributed by atoms with Crippen LogP contribution < -0.4 is 0 Å². The van der Waals surface area contributed by atoms with Crippen molar-refractivity contribution in [2.24, 2.45) is 5.92 Å². The molecule has 136 valence electrons. The zero-order valence-corrected chi connectivity index (χ0v) is 16.1. The van der Waals surface area contributed by atoms with Gasteiger partial charge in [-0.05, 0) is 49.5 Å². The summed E-state index contributed by atoms with van der Waals surface area (Å²) in [6.45, 7) is 6.13. The predicted molar refractivity (Wildman–Crippen MR) is 102 cm³/mol. The Bertz CT molecular complexity index is 998. The molecule has 3 aromatic heterocycles. The Kier molecular flexibility index (Phi) is 3.74. The Morgan fingerprint density at radius 3 is 2.85 bits per heavy atom. The van der Waals surface area contributed by atoms with E-state index in [-0.39, 0.29) is 5.91 Å². The number of likely N-dealkylation sites (tertiary alicyclic amines) is 1. The molecule has 0 bridgehead atoms. The topological polar surface area (TPSA) is 63.4 Å². The van der Waals surface area contributed by atoms with Crippen LogP contribution in [0.15, 0.2) is 6.33 Å². The molecule has 1 amide bonds. The number of carbonyl (C=O) groups excluding carboxylic acids is 1. The number of hydrogen-bond donors (Lipinski definition) is 0. The van der Waals surface area contributed by atoms with Gasteiger partial charge in [0.2, 0.25) is 5.82 Å². The standard InChI is InChI=1S/C19H23N5OS/c1-11-6-8-23(9-7-11)19(25)16-21-17-15-14-12(2)4-3-5-13(14)26-18(15)20-10-24(17)22-16/h10-12H,3-9H2,1-2H3. The van der Waals surface area contributed by atoms with Crippen molar-refractivity contribution >= 4 is 33.1 Å². The molecule has 6 nitrogen and oxygen atoms in total. The van der Waals surface area contributed by atoms with E-state index in [1.54, 1.807) is 22.2 Å². The van der Waals surface area contributed by atoms with Gasteiger partial charge in [-0.2, -0.15) is 0 Å². The first kappa shape index (κ1) is 16.2. The summed E-state index contributed by atoms with van der Waals surface area (Å²) in [6, 6.07) is 0. The fraction of sp³-hybridized carbons (Fsp3) is 0.579. The molecule has 0 radical (unpaired) electrons. The van der Waals surface area contributed by atoms with E-state index in [2.05, 4.69) is 28.9 Å². The molecule has 1 saturated heterocycles. The van der Waals surface area contributed by atoms with E-state index in [1.165, 1.54) is 23.3 Å². The molecule has 1 atom stereocenters. The van der Waals surface area contributed by atoms with Gasteiger partial charge < -0.3 is 4.90 Å². The van der Waals surface area contributed by atoms with Crippen LogP contribution in [0.5, 0.6) is 0 Å². The summed E-state index contributed by atoms with van der Waals surface area (Å²) in [5, 5.41) is 5.58. The van der Waals surface area contributed by atoms with Gasteiger partial charge in [0.25, 0.3) is 5.91 Å². The highest BCUT2D eigenvalue weighted by Gasteiger charge is 2.28. The average molecular weight is 369 g/mol. The van der Waals surface area contributed by atoms with Crippen molar-refractivity contribution in [1.82, 2.24) is 24.5 Å². The minimum Gasteiger partial charge on any atom is -0.336 e. The molecule has 0 N–H and O–H groups in total. The number of aryl methyl sites for hydroxylation is 1. The second-order valence-electron chi connectivity index (χ2n) is 7.84. The SMILES string of the molecule is CC1CCN(C(=O)c2nc3c4c5c(sc4ncn3n2)CCCC5C)CC1. The Balaban J connectivity index is 1.60. The van der Waals surface area contributed by atoms with Crippen LogP contribution in [-0.4, -0.2) is 43.5 Å². The van der Waals surface area contributed by atoms with Crippen molar-refractivity contribution in [3.05, 3.63) is 22.6 Å². The van der Waals surface area contributed by atoms with Crippen LogP contribution in [0.25, 0.3) is 15.9 Å². The van der Waals surface area contributed by atoms with E-state index in [1.807, 2.05) is 4.90 Å². The number of amides is 1. The number of piperidine rings is 1. The highest BCUT2D eigenvalue weighted by Crippen LogP contribution is 2.42. The fourth-order valence-corrected chi connectivity index (χ4v) is 5.63. The molecule has 3 aromatic rings. The average Bonchev–Trinajstić information content (AvgIpc) is 3.23. The molecule has 1 unspecified atom stereocenters. The molecule has 5 rings (SSSR count). The van der Waals surface area contributed by atoms with E-state index < -0.39 is 0 Å². The van der Waals surface area contributed by atoms with Gasteiger partial charge in [-0.3, -0.25) is 4.79 Å². The number of rotatable bonds is 1. The first-order valence-corrected chi connectivity index (χ1v) is 10.4. The summed E-state index contributed by atoms with van der Waals surface area (Å²) in [6.07, 6.45) is 7.37. The van der Waals surface area contributed by atoms with Gasteiger partial charge in [0.1, 0.15) is 11.2 Å². The molecule has 7 heteroatoms. The molecule has 1 aliphatic carbocycles. The minimum atomic E-state index is -0.0501. The van der Waals surface area contributed by atoms with Gasteiger partial charge >= 0.3 is 0 Å². The normalized spacial score (nSPS) is 21.5. The van der Waals surface area contributed by atoms with E-state index in [0.717, 1.165) is 48.2 Å². The number of hydrogen-bond acceptors (Lipinski definition) is 5. The largest absolute Gasteiger partial charge is 0.336 e. The molecule has 0 spiro atoms. The monoisotopic (exact) mass is 369 g/mol. The molecule has 2 aliphatic rings. The van der Waals surface area contributed by atoms with Crippen molar-refractivity contribution in [2.45, 2.75) is 51.9 Å². The summed E-state index contributed by atoms with van der Waals surface area (Å²) in [7, 11) is 0. The van der Waals surface area contributed by atoms with Crippen molar-refractivity contribution < 1.29 is 4.79 Å². The van der Waals surface area contributed by atoms with Crippen molar-refractivity contribution in [3.8, 4) is 0 Å². The molecule has 1 fully saturated rings. The van der Waals surface area contributed by atoms with Crippen molar-refractivity contribution in [2.75, 3.05) is 13.1 Å². The summed E-state index contributed by atoms with van der Waals surface area (Å²) in [5.41, 5.74) is 2.17.